The Morgan fingerprint density at radius 1 is 1.26 bits per heavy atom. The highest BCUT2D eigenvalue weighted by Gasteiger charge is 2.14. The lowest BCUT2D eigenvalue weighted by Crippen LogP contribution is -2.36. The molecule has 2 rings (SSSR count). The molecule has 0 aliphatic carbocycles. The molecule has 1 heterocycles. The molecule has 9 nitrogen and oxygen atoms in total. The Hall–Kier alpha value is -2.91. The van der Waals surface area contributed by atoms with Gasteiger partial charge in [0.25, 0.3) is 5.91 Å². The van der Waals surface area contributed by atoms with Crippen LogP contribution in [0, 0.1) is 0 Å². The van der Waals surface area contributed by atoms with Crippen LogP contribution in [0.15, 0.2) is 30.5 Å². The SMILES string of the molecule is NC(=O)NC(=O)CO.NC(Cc1c[nH]c2ccccc12)C(=O)O. The maximum atomic E-state index is 10.6. The van der Waals surface area contributed by atoms with Crippen LogP contribution < -0.4 is 16.8 Å². The van der Waals surface area contributed by atoms with Crippen LogP contribution in [0.2, 0.25) is 0 Å². The number of rotatable bonds is 4. The van der Waals surface area contributed by atoms with Gasteiger partial charge in [0.1, 0.15) is 12.6 Å². The van der Waals surface area contributed by atoms with Crippen molar-refractivity contribution in [2.75, 3.05) is 6.61 Å². The summed E-state index contributed by atoms with van der Waals surface area (Å²) in [5.74, 6) is -1.77. The number of primary amides is 1. The summed E-state index contributed by atoms with van der Waals surface area (Å²) in [6.07, 6.45) is 2.16. The van der Waals surface area contributed by atoms with Crippen molar-refractivity contribution in [3.8, 4) is 0 Å². The second-order valence-corrected chi connectivity index (χ2v) is 4.58. The monoisotopic (exact) mass is 322 g/mol. The molecule has 1 aromatic heterocycles. The highest BCUT2D eigenvalue weighted by Crippen LogP contribution is 2.18. The molecule has 0 fully saturated rings. The molecule has 0 aliphatic heterocycles. The Morgan fingerprint density at radius 2 is 1.91 bits per heavy atom. The number of benzene rings is 1. The number of para-hydroxylation sites is 1. The summed E-state index contributed by atoms with van der Waals surface area (Å²) >= 11 is 0. The molecule has 3 amide bonds. The zero-order chi connectivity index (χ0) is 17.4. The normalized spacial score (nSPS) is 11.2. The minimum absolute atomic E-state index is 0.347. The van der Waals surface area contributed by atoms with Crippen LogP contribution >= 0.6 is 0 Å². The number of imide groups is 1. The van der Waals surface area contributed by atoms with Crippen LogP contribution in [0.5, 0.6) is 0 Å². The van der Waals surface area contributed by atoms with Gasteiger partial charge in [-0.05, 0) is 11.6 Å². The minimum atomic E-state index is -0.972. The number of carboxylic acids is 1. The lowest BCUT2D eigenvalue weighted by Gasteiger charge is -2.04. The number of hydrogen-bond acceptors (Lipinski definition) is 5. The van der Waals surface area contributed by atoms with Crippen molar-refractivity contribution >= 4 is 28.8 Å². The number of nitrogens with two attached hydrogens (primary N) is 2. The first-order chi connectivity index (χ1) is 10.8. The Labute approximate surface area is 131 Å². The Kier molecular flexibility index (Phi) is 6.71. The number of aliphatic hydroxyl groups is 1. The number of urea groups is 1. The van der Waals surface area contributed by atoms with E-state index in [2.05, 4.69) is 10.7 Å². The van der Waals surface area contributed by atoms with Crippen molar-refractivity contribution in [3.63, 3.8) is 0 Å². The molecular weight excluding hydrogens is 304 g/mol. The smallest absolute Gasteiger partial charge is 0.320 e. The number of hydrogen-bond donors (Lipinski definition) is 6. The fourth-order valence-corrected chi connectivity index (χ4v) is 1.80. The van der Waals surface area contributed by atoms with Crippen LogP contribution in [-0.4, -0.2) is 45.8 Å². The molecule has 1 atom stereocenters. The summed E-state index contributed by atoms with van der Waals surface area (Å²) in [6, 6.07) is 5.96. The van der Waals surface area contributed by atoms with E-state index in [1.165, 1.54) is 0 Å². The molecule has 1 aromatic carbocycles. The van der Waals surface area contributed by atoms with Crippen LogP contribution in [0.4, 0.5) is 4.79 Å². The van der Waals surface area contributed by atoms with E-state index in [1.54, 1.807) is 5.32 Å². The van der Waals surface area contributed by atoms with Gasteiger partial charge in [0.05, 0.1) is 0 Å². The summed E-state index contributed by atoms with van der Waals surface area (Å²) in [5.41, 5.74) is 11.9. The average Bonchev–Trinajstić information content (AvgIpc) is 2.90. The molecule has 2 aromatic rings. The van der Waals surface area contributed by atoms with Crippen LogP contribution in [0.3, 0.4) is 0 Å². The third-order valence-corrected chi connectivity index (χ3v) is 2.84. The zero-order valence-electron chi connectivity index (χ0n) is 12.2. The first-order valence-corrected chi connectivity index (χ1v) is 6.58. The minimum Gasteiger partial charge on any atom is -0.480 e. The highest BCUT2D eigenvalue weighted by molar-refractivity contribution is 5.93. The second kappa shape index (κ2) is 8.51. The van der Waals surface area contributed by atoms with Gasteiger partial charge in [-0.2, -0.15) is 0 Å². The number of H-pyrrole nitrogens is 1. The van der Waals surface area contributed by atoms with E-state index >= 15 is 0 Å². The summed E-state index contributed by atoms with van der Waals surface area (Å²) in [6.45, 7) is -0.719. The van der Waals surface area contributed by atoms with Crippen molar-refractivity contribution in [2.24, 2.45) is 11.5 Å². The number of carbonyl (C=O) groups is 3. The van der Waals surface area contributed by atoms with E-state index in [0.29, 0.717) is 6.42 Å². The van der Waals surface area contributed by atoms with Gasteiger partial charge in [0.15, 0.2) is 0 Å². The summed E-state index contributed by atoms with van der Waals surface area (Å²) in [4.78, 5) is 33.4. The third kappa shape index (κ3) is 5.77. The number of carboxylic acid groups (broad SMARTS) is 1. The number of amides is 3. The first-order valence-electron chi connectivity index (χ1n) is 6.58. The largest absolute Gasteiger partial charge is 0.480 e. The number of nitrogens with one attached hydrogen (secondary N) is 2. The van der Waals surface area contributed by atoms with Crippen molar-refractivity contribution in [3.05, 3.63) is 36.0 Å². The molecule has 0 aliphatic rings. The topological polar surface area (TPSA) is 172 Å². The Morgan fingerprint density at radius 3 is 2.43 bits per heavy atom. The summed E-state index contributed by atoms with van der Waals surface area (Å²) in [7, 11) is 0. The molecule has 0 saturated carbocycles. The first kappa shape index (κ1) is 18.1. The molecule has 0 spiro atoms. The lowest BCUT2D eigenvalue weighted by atomic mass is 10.1. The second-order valence-electron chi connectivity index (χ2n) is 4.58. The van der Waals surface area contributed by atoms with Crippen molar-refractivity contribution in [1.29, 1.82) is 0 Å². The summed E-state index contributed by atoms with van der Waals surface area (Å²) < 4.78 is 0. The molecule has 1 unspecified atom stereocenters. The predicted molar refractivity (Wildman–Crippen MR) is 82.4 cm³/mol. The molecule has 124 valence electrons. The zero-order valence-corrected chi connectivity index (χ0v) is 12.2. The Balaban J connectivity index is 0.000000284. The predicted octanol–water partition coefficient (Wildman–Crippen LogP) is -0.704. The maximum absolute atomic E-state index is 10.6. The van der Waals surface area contributed by atoms with Gasteiger partial charge in [-0.15, -0.1) is 0 Å². The van der Waals surface area contributed by atoms with Crippen molar-refractivity contribution in [1.82, 2.24) is 10.3 Å². The quantitative estimate of drug-likeness (QED) is 0.434. The molecular formula is C14H18N4O5. The van der Waals surface area contributed by atoms with Crippen molar-refractivity contribution in [2.45, 2.75) is 12.5 Å². The number of carbonyl (C=O) groups excluding carboxylic acids is 2. The number of aliphatic carboxylic acids is 1. The van der Waals surface area contributed by atoms with Crippen LogP contribution in [0.25, 0.3) is 10.9 Å². The van der Waals surface area contributed by atoms with Gasteiger partial charge in [-0.25, -0.2) is 4.79 Å². The Bertz CT molecular complexity index is 697. The molecule has 8 N–H and O–H groups in total. The summed E-state index contributed by atoms with van der Waals surface area (Å²) in [5, 5.41) is 19.4. The standard InChI is InChI=1S/C11H12N2O2.C3H6N2O3/c12-9(11(14)15)5-7-6-13-10-4-2-1-3-8(7)10;4-3(8)5-2(7)1-6/h1-4,6,9,13H,5,12H2,(H,14,15);6H,1H2,(H3,4,5,7,8). The number of fused-ring (bicyclic) bond motifs is 1. The number of aromatic nitrogens is 1. The van der Waals surface area contributed by atoms with E-state index in [-0.39, 0.29) is 0 Å². The van der Waals surface area contributed by atoms with Gasteiger partial charge in [-0.3, -0.25) is 14.9 Å². The highest BCUT2D eigenvalue weighted by atomic mass is 16.4. The van der Waals surface area contributed by atoms with Crippen molar-refractivity contribution < 1.29 is 24.6 Å². The van der Waals surface area contributed by atoms with Crippen LogP contribution in [0.1, 0.15) is 5.56 Å². The molecule has 0 radical (unpaired) electrons. The number of aromatic amines is 1. The third-order valence-electron chi connectivity index (χ3n) is 2.84. The van der Waals surface area contributed by atoms with E-state index in [1.807, 2.05) is 30.5 Å². The number of aliphatic hydroxyl groups excluding tert-OH is 1. The maximum Gasteiger partial charge on any atom is 0.320 e. The van der Waals surface area contributed by atoms with Gasteiger partial charge in [0, 0.05) is 23.5 Å². The average molecular weight is 322 g/mol. The van der Waals surface area contributed by atoms with Gasteiger partial charge in [0.2, 0.25) is 0 Å². The fraction of sp³-hybridized carbons (Fsp3) is 0.214. The lowest BCUT2D eigenvalue weighted by molar-refractivity contribution is -0.138. The molecule has 0 bridgehead atoms. The van der Waals surface area contributed by atoms with Gasteiger partial charge in [-0.1, -0.05) is 18.2 Å². The molecule has 9 heteroatoms. The van der Waals surface area contributed by atoms with E-state index in [0.717, 1.165) is 16.5 Å². The van der Waals surface area contributed by atoms with E-state index in [9.17, 15) is 14.4 Å². The molecule has 23 heavy (non-hydrogen) atoms. The van der Waals surface area contributed by atoms with Crippen LogP contribution in [-0.2, 0) is 16.0 Å². The van der Waals surface area contributed by atoms with E-state index < -0.39 is 30.6 Å². The van der Waals surface area contributed by atoms with Gasteiger partial charge < -0.3 is 26.7 Å². The molecule has 0 saturated heterocycles. The van der Waals surface area contributed by atoms with E-state index in [4.69, 9.17) is 15.9 Å². The fourth-order valence-electron chi connectivity index (χ4n) is 1.80. The van der Waals surface area contributed by atoms with Gasteiger partial charge >= 0.3 is 12.0 Å².